The number of nitrogens with one attached hydrogen (secondary N) is 1. The third-order valence-electron chi connectivity index (χ3n) is 6.21. The zero-order valence-electron chi connectivity index (χ0n) is 12.6. The second-order valence-corrected chi connectivity index (χ2v) is 7.34. The highest BCUT2D eigenvalue weighted by atomic mass is 16.3. The number of aryl methyl sites for hydroxylation is 1. The molecule has 2 N–H and O–H groups in total. The maximum absolute atomic E-state index is 11.8. The number of rotatable bonds is 0. The van der Waals surface area contributed by atoms with E-state index < -0.39 is 0 Å². The molecule has 2 fully saturated rings. The lowest BCUT2D eigenvalue weighted by Gasteiger charge is -2.54. The Kier molecular flexibility index (Phi) is 2.82. The van der Waals surface area contributed by atoms with Gasteiger partial charge in [-0.25, -0.2) is 0 Å². The second-order valence-electron chi connectivity index (χ2n) is 7.34. The summed E-state index contributed by atoms with van der Waals surface area (Å²) < 4.78 is 0. The van der Waals surface area contributed by atoms with E-state index >= 15 is 0 Å². The van der Waals surface area contributed by atoms with Crippen LogP contribution in [0.2, 0.25) is 0 Å². The highest BCUT2D eigenvalue weighted by Crippen LogP contribution is 2.53. The smallest absolute Gasteiger partial charge is 0.220 e. The largest absolute Gasteiger partial charge is 0.508 e. The molecule has 3 aliphatic rings. The minimum atomic E-state index is 0.00488. The summed E-state index contributed by atoms with van der Waals surface area (Å²) in [5, 5.41) is 13.0. The Morgan fingerprint density at radius 3 is 2.95 bits per heavy atom. The maximum atomic E-state index is 11.8. The normalized spacial score (nSPS) is 38.0. The van der Waals surface area contributed by atoms with Gasteiger partial charge < -0.3 is 10.4 Å². The van der Waals surface area contributed by atoms with Gasteiger partial charge in [-0.2, -0.15) is 0 Å². The minimum absolute atomic E-state index is 0.00488. The summed E-state index contributed by atoms with van der Waals surface area (Å²) in [7, 11) is 0. The van der Waals surface area contributed by atoms with Gasteiger partial charge in [0, 0.05) is 12.0 Å². The Morgan fingerprint density at radius 2 is 2.10 bits per heavy atom. The fourth-order valence-corrected chi connectivity index (χ4v) is 5.24. The van der Waals surface area contributed by atoms with Crippen LogP contribution in [0, 0.1) is 11.8 Å². The minimum Gasteiger partial charge on any atom is -0.508 e. The number of hydrogen-bond acceptors (Lipinski definition) is 2. The van der Waals surface area contributed by atoms with E-state index in [-0.39, 0.29) is 11.4 Å². The first-order valence-electron chi connectivity index (χ1n) is 8.20. The van der Waals surface area contributed by atoms with Crippen LogP contribution in [0.1, 0.15) is 56.1 Å². The Balaban J connectivity index is 1.69. The summed E-state index contributed by atoms with van der Waals surface area (Å²) in [5.74, 6) is 2.52. The lowest BCUT2D eigenvalue weighted by molar-refractivity contribution is -0.129. The van der Waals surface area contributed by atoms with Gasteiger partial charge in [-0.05, 0) is 80.0 Å². The van der Waals surface area contributed by atoms with Crippen LogP contribution in [0.15, 0.2) is 18.2 Å². The summed E-state index contributed by atoms with van der Waals surface area (Å²) in [4.78, 5) is 11.8. The van der Waals surface area contributed by atoms with E-state index in [1.165, 1.54) is 17.5 Å². The van der Waals surface area contributed by atoms with Crippen LogP contribution in [0.5, 0.6) is 5.75 Å². The van der Waals surface area contributed by atoms with E-state index in [0.29, 0.717) is 29.9 Å². The number of fused-ring (bicyclic) bond motifs is 5. The van der Waals surface area contributed by atoms with Crippen molar-refractivity contribution in [2.75, 3.05) is 0 Å². The molecule has 112 valence electrons. The van der Waals surface area contributed by atoms with Crippen molar-refractivity contribution in [3.8, 4) is 5.75 Å². The third-order valence-corrected chi connectivity index (χ3v) is 6.21. The van der Waals surface area contributed by atoms with Gasteiger partial charge in [0.05, 0.1) is 0 Å². The lowest BCUT2D eigenvalue weighted by Crippen LogP contribution is -2.60. The average Bonchev–Trinajstić information content (AvgIpc) is 2.45. The summed E-state index contributed by atoms with van der Waals surface area (Å²) >= 11 is 0. The molecule has 1 aliphatic heterocycles. The number of piperidine rings is 1. The van der Waals surface area contributed by atoms with Crippen molar-refractivity contribution in [2.45, 2.75) is 56.9 Å². The molecule has 3 heteroatoms. The van der Waals surface area contributed by atoms with Gasteiger partial charge in [-0.15, -0.1) is 0 Å². The molecule has 1 aromatic rings. The number of amides is 1. The van der Waals surface area contributed by atoms with Crippen molar-refractivity contribution < 1.29 is 9.90 Å². The zero-order chi connectivity index (χ0) is 14.6. The molecule has 2 aliphatic carbocycles. The predicted octanol–water partition coefficient (Wildman–Crippen LogP) is 3.12. The van der Waals surface area contributed by atoms with E-state index in [1.807, 2.05) is 12.1 Å². The van der Waals surface area contributed by atoms with Crippen LogP contribution in [0.4, 0.5) is 0 Å². The van der Waals surface area contributed by atoms with E-state index in [4.69, 9.17) is 0 Å². The van der Waals surface area contributed by atoms with Gasteiger partial charge in [0.25, 0.3) is 0 Å². The summed E-state index contributed by atoms with van der Waals surface area (Å²) in [6.07, 6.45) is 6.20. The molecule has 0 bridgehead atoms. The van der Waals surface area contributed by atoms with Gasteiger partial charge in [0.2, 0.25) is 5.91 Å². The van der Waals surface area contributed by atoms with E-state index in [1.54, 1.807) is 0 Å². The molecule has 1 amide bonds. The topological polar surface area (TPSA) is 49.3 Å². The molecular weight excluding hydrogens is 262 g/mol. The lowest BCUT2D eigenvalue weighted by atomic mass is 9.55. The highest BCUT2D eigenvalue weighted by molar-refractivity contribution is 5.77. The highest BCUT2D eigenvalue weighted by Gasteiger charge is 2.50. The Morgan fingerprint density at radius 1 is 1.24 bits per heavy atom. The molecule has 1 saturated heterocycles. The van der Waals surface area contributed by atoms with Crippen LogP contribution in [-0.4, -0.2) is 16.6 Å². The van der Waals surface area contributed by atoms with E-state index in [2.05, 4.69) is 18.3 Å². The first kappa shape index (κ1) is 13.2. The molecule has 4 atom stereocenters. The molecule has 1 aromatic carbocycles. The fourth-order valence-electron chi connectivity index (χ4n) is 5.24. The average molecular weight is 285 g/mol. The first-order valence-corrected chi connectivity index (χ1v) is 8.20. The summed E-state index contributed by atoms with van der Waals surface area (Å²) in [6, 6.07) is 5.91. The van der Waals surface area contributed by atoms with Crippen LogP contribution in [-0.2, 0) is 11.2 Å². The number of phenols is 1. The standard InChI is InChI=1S/C18H23NO2/c1-18-9-8-14-13-5-3-12(20)10-11(13)2-4-15(14)16(18)6-7-17(21)19-18/h3,5,10,14-16,20H,2,4,6-9H2,1H3,(H,19,21)/t14-,15-,16+,18-/m1/s1. The first-order chi connectivity index (χ1) is 10.1. The number of phenolic OH excluding ortho intramolecular Hbond substituents is 1. The molecule has 3 nitrogen and oxygen atoms in total. The molecular formula is C18H23NO2. The number of benzene rings is 1. The number of hydrogen-bond donors (Lipinski definition) is 2. The van der Waals surface area contributed by atoms with Gasteiger partial charge in [-0.1, -0.05) is 6.07 Å². The second kappa shape index (κ2) is 4.49. The van der Waals surface area contributed by atoms with Gasteiger partial charge in [-0.3, -0.25) is 4.79 Å². The number of carbonyl (C=O) groups is 1. The quantitative estimate of drug-likeness (QED) is 0.769. The molecule has 1 saturated carbocycles. The molecule has 4 rings (SSSR count). The molecule has 21 heavy (non-hydrogen) atoms. The van der Waals surface area contributed by atoms with Crippen molar-refractivity contribution in [1.82, 2.24) is 5.32 Å². The van der Waals surface area contributed by atoms with Gasteiger partial charge in [0.15, 0.2) is 0 Å². The SMILES string of the molecule is C[C@@]12CC[C@@H]3c4ccc(O)cc4CC[C@H]3[C@@H]1CCC(=O)N2. The Bertz CT molecular complexity index is 597. The maximum Gasteiger partial charge on any atom is 0.220 e. The van der Waals surface area contributed by atoms with Crippen molar-refractivity contribution in [3.05, 3.63) is 29.3 Å². The number of carbonyl (C=O) groups excluding carboxylic acids is 1. The molecule has 0 radical (unpaired) electrons. The molecule has 0 spiro atoms. The monoisotopic (exact) mass is 285 g/mol. The Hall–Kier alpha value is -1.51. The third kappa shape index (κ3) is 1.97. The summed E-state index contributed by atoms with van der Waals surface area (Å²) in [5.41, 5.74) is 2.79. The van der Waals surface area contributed by atoms with Crippen LogP contribution < -0.4 is 5.32 Å². The van der Waals surface area contributed by atoms with Crippen molar-refractivity contribution in [1.29, 1.82) is 0 Å². The fraction of sp³-hybridized carbons (Fsp3) is 0.611. The zero-order valence-corrected chi connectivity index (χ0v) is 12.6. The van der Waals surface area contributed by atoms with Crippen LogP contribution >= 0.6 is 0 Å². The van der Waals surface area contributed by atoms with Crippen molar-refractivity contribution in [3.63, 3.8) is 0 Å². The number of aromatic hydroxyl groups is 1. The van der Waals surface area contributed by atoms with Crippen molar-refractivity contribution >= 4 is 5.91 Å². The molecule has 0 unspecified atom stereocenters. The Labute approximate surface area is 125 Å². The van der Waals surface area contributed by atoms with E-state index in [0.717, 1.165) is 25.7 Å². The summed E-state index contributed by atoms with van der Waals surface area (Å²) in [6.45, 7) is 2.25. The predicted molar refractivity (Wildman–Crippen MR) is 81.2 cm³/mol. The van der Waals surface area contributed by atoms with Crippen molar-refractivity contribution in [2.24, 2.45) is 11.8 Å². The van der Waals surface area contributed by atoms with E-state index in [9.17, 15) is 9.90 Å². The van der Waals surface area contributed by atoms with Gasteiger partial charge >= 0.3 is 0 Å². The van der Waals surface area contributed by atoms with Crippen LogP contribution in [0.25, 0.3) is 0 Å². The van der Waals surface area contributed by atoms with Gasteiger partial charge in [0.1, 0.15) is 5.75 Å². The van der Waals surface area contributed by atoms with Crippen LogP contribution in [0.3, 0.4) is 0 Å². The molecule has 0 aromatic heterocycles. The molecule has 1 heterocycles.